The number of aryl methyl sites for hydroxylation is 1. The molecular weight excluding hydrogens is 426 g/mol. The molecule has 3 rings (SSSR count). The second-order valence-corrected chi connectivity index (χ2v) is 8.19. The first kappa shape index (κ1) is 24.1. The van der Waals surface area contributed by atoms with E-state index in [1.165, 1.54) is 12.0 Å². The van der Waals surface area contributed by atoms with Crippen molar-refractivity contribution in [2.24, 2.45) is 0 Å². The molecule has 9 nitrogen and oxygen atoms in total. The maximum absolute atomic E-state index is 13.2. The van der Waals surface area contributed by atoms with Crippen molar-refractivity contribution >= 4 is 23.4 Å². The lowest BCUT2D eigenvalue weighted by Crippen LogP contribution is -2.35. The summed E-state index contributed by atoms with van der Waals surface area (Å²) in [6, 6.07) is 6.23. The summed E-state index contributed by atoms with van der Waals surface area (Å²) in [7, 11) is 6.56. The second-order valence-electron chi connectivity index (χ2n) is 8.19. The van der Waals surface area contributed by atoms with E-state index >= 15 is 0 Å². The molecule has 0 unspecified atom stereocenters. The van der Waals surface area contributed by atoms with Gasteiger partial charge in [0.1, 0.15) is 17.2 Å². The number of likely N-dealkylation sites (N-methyl/N-ethyl adjacent to an activating group) is 1. The number of likely N-dealkylation sites (tertiary alicyclic amines) is 1. The minimum atomic E-state index is -0.786. The third kappa shape index (κ3) is 4.36. The highest BCUT2D eigenvalue weighted by molar-refractivity contribution is 6.46. The first-order chi connectivity index (χ1) is 15.6. The number of ether oxygens (including phenoxy) is 2. The minimum Gasteiger partial charge on any atom is -0.507 e. The van der Waals surface area contributed by atoms with Gasteiger partial charge in [-0.1, -0.05) is 12.1 Å². The maximum atomic E-state index is 13.2. The molecule has 1 atom stereocenters. The molecule has 1 aromatic carbocycles. The monoisotopic (exact) mass is 455 g/mol. The molecule has 1 fully saturated rings. The van der Waals surface area contributed by atoms with Crippen LogP contribution in [-0.2, 0) is 14.3 Å². The number of hydrogen-bond donors (Lipinski definition) is 2. The number of nitrogens with one attached hydrogen (secondary N) is 1. The van der Waals surface area contributed by atoms with Crippen LogP contribution < -0.4 is 4.74 Å². The SMILES string of the molecule is COC(=O)c1[nH]c(C)c(C(O)=C2C(=O)C(=O)N(CCN(C)C)[C@H]2c2ccc(OC)cc2)c1C. The number of Topliss-reactive ketones (excluding diaryl/α,β-unsaturated/α-hetero) is 1. The molecule has 2 heterocycles. The van der Waals surface area contributed by atoms with Crippen LogP contribution in [0, 0.1) is 13.8 Å². The molecule has 9 heteroatoms. The van der Waals surface area contributed by atoms with E-state index in [-0.39, 0.29) is 17.0 Å². The van der Waals surface area contributed by atoms with E-state index in [2.05, 4.69) is 4.98 Å². The molecule has 2 aromatic rings. The average molecular weight is 456 g/mol. The van der Waals surface area contributed by atoms with Crippen LogP contribution in [0.1, 0.15) is 38.9 Å². The Labute approximate surface area is 192 Å². The fourth-order valence-corrected chi connectivity index (χ4v) is 4.10. The molecule has 1 amide bonds. The van der Waals surface area contributed by atoms with Gasteiger partial charge < -0.3 is 29.4 Å². The lowest BCUT2D eigenvalue weighted by molar-refractivity contribution is -0.140. The molecule has 0 spiro atoms. The van der Waals surface area contributed by atoms with Crippen LogP contribution in [0.25, 0.3) is 5.76 Å². The minimum absolute atomic E-state index is 0.0226. The first-order valence-electron chi connectivity index (χ1n) is 10.5. The highest BCUT2D eigenvalue weighted by Gasteiger charge is 2.46. The Morgan fingerprint density at radius 2 is 1.79 bits per heavy atom. The average Bonchev–Trinajstić information content (AvgIpc) is 3.23. The van der Waals surface area contributed by atoms with Crippen molar-refractivity contribution in [2.75, 3.05) is 41.4 Å². The van der Waals surface area contributed by atoms with Crippen LogP contribution in [-0.4, -0.2) is 79.0 Å². The van der Waals surface area contributed by atoms with Gasteiger partial charge in [0.05, 0.1) is 25.8 Å². The quantitative estimate of drug-likeness (QED) is 0.285. The predicted octanol–water partition coefficient (Wildman–Crippen LogP) is 2.41. The van der Waals surface area contributed by atoms with Crippen molar-refractivity contribution in [1.29, 1.82) is 0 Å². The molecule has 0 saturated carbocycles. The number of aromatic nitrogens is 1. The Balaban J connectivity index is 2.21. The predicted molar refractivity (Wildman–Crippen MR) is 122 cm³/mol. The van der Waals surface area contributed by atoms with Gasteiger partial charge in [0.2, 0.25) is 0 Å². The van der Waals surface area contributed by atoms with Crippen LogP contribution >= 0.6 is 0 Å². The van der Waals surface area contributed by atoms with E-state index in [1.54, 1.807) is 45.2 Å². The number of H-pyrrole nitrogens is 1. The highest BCUT2D eigenvalue weighted by atomic mass is 16.5. The number of benzene rings is 1. The van der Waals surface area contributed by atoms with Crippen LogP contribution in [0.3, 0.4) is 0 Å². The molecule has 0 aliphatic carbocycles. The van der Waals surface area contributed by atoms with E-state index in [0.717, 1.165) is 0 Å². The van der Waals surface area contributed by atoms with Crippen molar-refractivity contribution in [3.63, 3.8) is 0 Å². The zero-order chi connectivity index (χ0) is 24.4. The zero-order valence-electron chi connectivity index (χ0n) is 19.7. The number of aromatic amines is 1. The Morgan fingerprint density at radius 1 is 1.15 bits per heavy atom. The largest absolute Gasteiger partial charge is 0.507 e. The summed E-state index contributed by atoms with van der Waals surface area (Å²) in [6.07, 6.45) is 0. The fraction of sp³-hybridized carbons (Fsp3) is 0.375. The molecule has 33 heavy (non-hydrogen) atoms. The third-order valence-electron chi connectivity index (χ3n) is 5.82. The molecule has 1 aromatic heterocycles. The number of aliphatic hydroxyl groups excluding tert-OH is 1. The summed E-state index contributed by atoms with van der Waals surface area (Å²) in [5.41, 5.74) is 2.04. The number of carbonyl (C=O) groups excluding carboxylic acids is 3. The summed E-state index contributed by atoms with van der Waals surface area (Å²) in [5, 5.41) is 11.3. The number of rotatable bonds is 7. The fourth-order valence-electron chi connectivity index (χ4n) is 4.10. The van der Waals surface area contributed by atoms with E-state index in [1.807, 2.05) is 19.0 Å². The molecule has 2 N–H and O–H groups in total. The van der Waals surface area contributed by atoms with E-state index in [9.17, 15) is 19.5 Å². The number of methoxy groups -OCH3 is 2. The maximum Gasteiger partial charge on any atom is 0.354 e. The Kier molecular flexibility index (Phi) is 6.92. The molecular formula is C24H29N3O6. The Bertz CT molecular complexity index is 1110. The summed E-state index contributed by atoms with van der Waals surface area (Å²) in [5.74, 6) is -1.75. The summed E-state index contributed by atoms with van der Waals surface area (Å²) in [6.45, 7) is 4.16. The number of nitrogens with zero attached hydrogens (tertiary/aromatic N) is 2. The van der Waals surface area contributed by atoms with Gasteiger partial charge in [-0.15, -0.1) is 0 Å². The Hall–Kier alpha value is -3.59. The van der Waals surface area contributed by atoms with Gasteiger partial charge in [0, 0.05) is 24.3 Å². The van der Waals surface area contributed by atoms with Crippen LogP contribution in [0.2, 0.25) is 0 Å². The summed E-state index contributed by atoms with van der Waals surface area (Å²) in [4.78, 5) is 44.6. The first-order valence-corrected chi connectivity index (χ1v) is 10.5. The molecule has 1 aliphatic rings. The molecule has 0 bridgehead atoms. The molecule has 1 aliphatic heterocycles. The van der Waals surface area contributed by atoms with Gasteiger partial charge in [0.25, 0.3) is 11.7 Å². The van der Waals surface area contributed by atoms with Crippen molar-refractivity contribution in [3.05, 3.63) is 57.9 Å². The standard InChI is InChI=1S/C24H29N3O6/c1-13-17(14(2)25-19(13)24(31)33-6)21(28)18-20(15-7-9-16(32-5)10-8-15)27(12-11-26(3)4)23(30)22(18)29/h7-10,20,25,28H,11-12H2,1-6H3/t20-/m0/s1. The Morgan fingerprint density at radius 3 is 2.33 bits per heavy atom. The highest BCUT2D eigenvalue weighted by Crippen LogP contribution is 2.41. The summed E-state index contributed by atoms with van der Waals surface area (Å²) < 4.78 is 10.0. The number of hydrogen-bond acceptors (Lipinski definition) is 7. The van der Waals surface area contributed by atoms with Gasteiger partial charge in [-0.25, -0.2) is 4.79 Å². The van der Waals surface area contributed by atoms with Gasteiger partial charge >= 0.3 is 5.97 Å². The molecule has 1 saturated heterocycles. The van der Waals surface area contributed by atoms with Crippen molar-refractivity contribution in [2.45, 2.75) is 19.9 Å². The molecule has 0 radical (unpaired) electrons. The van der Waals surface area contributed by atoms with Gasteiger partial charge in [-0.3, -0.25) is 9.59 Å². The van der Waals surface area contributed by atoms with Crippen LogP contribution in [0.4, 0.5) is 0 Å². The topological polar surface area (TPSA) is 112 Å². The lowest BCUT2D eigenvalue weighted by Gasteiger charge is -2.26. The number of carbonyl (C=O) groups is 3. The number of ketones is 1. The van der Waals surface area contributed by atoms with E-state index < -0.39 is 23.7 Å². The van der Waals surface area contributed by atoms with Crippen molar-refractivity contribution in [3.8, 4) is 5.75 Å². The second kappa shape index (κ2) is 9.50. The normalized spacial score (nSPS) is 17.7. The smallest absolute Gasteiger partial charge is 0.354 e. The van der Waals surface area contributed by atoms with Gasteiger partial charge in [-0.2, -0.15) is 0 Å². The van der Waals surface area contributed by atoms with Gasteiger partial charge in [-0.05, 0) is 51.2 Å². The van der Waals surface area contributed by atoms with Crippen LogP contribution in [0.5, 0.6) is 5.75 Å². The van der Waals surface area contributed by atoms with Crippen LogP contribution in [0.15, 0.2) is 29.8 Å². The molecule has 176 valence electrons. The van der Waals surface area contributed by atoms with Crippen molar-refractivity contribution in [1.82, 2.24) is 14.8 Å². The summed E-state index contributed by atoms with van der Waals surface area (Å²) >= 11 is 0. The number of aliphatic hydroxyl groups is 1. The zero-order valence-corrected chi connectivity index (χ0v) is 19.7. The van der Waals surface area contributed by atoms with Crippen molar-refractivity contribution < 1.29 is 29.0 Å². The van der Waals surface area contributed by atoms with Gasteiger partial charge in [0.15, 0.2) is 0 Å². The van der Waals surface area contributed by atoms with E-state index in [4.69, 9.17) is 9.47 Å². The lowest BCUT2D eigenvalue weighted by atomic mass is 9.94. The number of esters is 1. The van der Waals surface area contributed by atoms with E-state index in [0.29, 0.717) is 41.2 Å². The third-order valence-corrected chi connectivity index (χ3v) is 5.82. The number of amides is 1.